The minimum absolute atomic E-state index is 0.274. The number of nitrogens with two attached hydrogens (primary N) is 1. The van der Waals surface area contributed by atoms with Crippen LogP contribution in [-0.2, 0) is 0 Å². The number of thiophene rings is 1. The molecule has 0 radical (unpaired) electrons. The van der Waals surface area contributed by atoms with Gasteiger partial charge in [-0.15, -0.1) is 11.3 Å². The topological polar surface area (TPSA) is 32.5 Å². The van der Waals surface area contributed by atoms with Gasteiger partial charge < -0.3 is 5.73 Å². The molecule has 2 rings (SSSR count). The van der Waals surface area contributed by atoms with Crippen LogP contribution in [0.25, 0.3) is 0 Å². The summed E-state index contributed by atoms with van der Waals surface area (Å²) in [5, 5.41) is 2.14. The summed E-state index contributed by atoms with van der Waals surface area (Å²) < 4.78 is 1.17. The Balaban J connectivity index is 1.99. The number of rotatable bonds is 3. The van der Waals surface area contributed by atoms with E-state index in [1.807, 2.05) is 0 Å². The number of nitrogens with zero attached hydrogens (tertiary/aromatic N) is 2. The van der Waals surface area contributed by atoms with Crippen molar-refractivity contribution < 1.29 is 0 Å². The Morgan fingerprint density at radius 2 is 1.95 bits per heavy atom. The zero-order valence-electron chi connectivity index (χ0n) is 12.0. The Labute approximate surface area is 128 Å². The largest absolute Gasteiger partial charge is 0.329 e. The van der Waals surface area contributed by atoms with Gasteiger partial charge in [0.05, 0.1) is 6.04 Å². The van der Waals surface area contributed by atoms with Gasteiger partial charge in [0.2, 0.25) is 0 Å². The molecule has 1 aliphatic rings. The summed E-state index contributed by atoms with van der Waals surface area (Å²) in [5.41, 5.74) is 6.28. The van der Waals surface area contributed by atoms with Gasteiger partial charge >= 0.3 is 0 Å². The van der Waals surface area contributed by atoms with Gasteiger partial charge in [0.25, 0.3) is 0 Å². The normalized spacial score (nSPS) is 20.7. The molecule has 0 aromatic carbocycles. The zero-order valence-corrected chi connectivity index (χ0v) is 14.4. The van der Waals surface area contributed by atoms with Crippen molar-refractivity contribution in [2.24, 2.45) is 5.73 Å². The second-order valence-electron chi connectivity index (χ2n) is 6.11. The average molecular weight is 346 g/mol. The first-order valence-corrected chi connectivity index (χ1v) is 8.52. The fourth-order valence-corrected chi connectivity index (χ4v) is 4.25. The van der Waals surface area contributed by atoms with Crippen LogP contribution < -0.4 is 5.73 Å². The van der Waals surface area contributed by atoms with Gasteiger partial charge in [0.1, 0.15) is 0 Å². The molecule has 0 spiro atoms. The summed E-state index contributed by atoms with van der Waals surface area (Å²) in [6.45, 7) is 12.0. The van der Waals surface area contributed by atoms with E-state index in [1.165, 1.54) is 9.35 Å². The molecule has 1 aliphatic heterocycles. The maximum atomic E-state index is 6.00. The van der Waals surface area contributed by atoms with Crippen LogP contribution in [0, 0.1) is 0 Å². The Kier molecular flexibility index (Phi) is 5.06. The third kappa shape index (κ3) is 3.79. The Morgan fingerprint density at radius 1 is 1.32 bits per heavy atom. The van der Waals surface area contributed by atoms with Crippen molar-refractivity contribution in [3.63, 3.8) is 0 Å². The molecular weight excluding hydrogens is 322 g/mol. The third-order valence-corrected chi connectivity index (χ3v) is 5.64. The number of halogens is 1. The van der Waals surface area contributed by atoms with Gasteiger partial charge in [-0.1, -0.05) is 0 Å². The van der Waals surface area contributed by atoms with Crippen LogP contribution >= 0.6 is 27.3 Å². The standard InChI is InChI=1S/C14H24BrN3S/c1-14(2,3)18-6-4-17(5-7-18)12(9-16)13-8-11(15)10-19-13/h8,10,12H,4-7,9,16H2,1-3H3. The maximum Gasteiger partial charge on any atom is 0.0565 e. The molecule has 108 valence electrons. The van der Waals surface area contributed by atoms with E-state index in [4.69, 9.17) is 5.73 Å². The van der Waals surface area contributed by atoms with Crippen LogP contribution in [-0.4, -0.2) is 48.1 Å². The predicted molar refractivity (Wildman–Crippen MR) is 86.7 cm³/mol. The molecule has 19 heavy (non-hydrogen) atoms. The molecule has 0 bridgehead atoms. The fraction of sp³-hybridized carbons (Fsp3) is 0.714. The molecule has 0 amide bonds. The molecule has 2 N–H and O–H groups in total. The highest BCUT2D eigenvalue weighted by molar-refractivity contribution is 9.10. The van der Waals surface area contributed by atoms with E-state index in [0.29, 0.717) is 12.6 Å². The molecule has 5 heteroatoms. The summed E-state index contributed by atoms with van der Waals surface area (Å²) in [6.07, 6.45) is 0. The molecule has 2 heterocycles. The van der Waals surface area contributed by atoms with Crippen LogP contribution in [0.2, 0.25) is 0 Å². The summed E-state index contributed by atoms with van der Waals surface area (Å²) in [7, 11) is 0. The van der Waals surface area contributed by atoms with Crippen molar-refractivity contribution in [1.82, 2.24) is 9.80 Å². The lowest BCUT2D eigenvalue weighted by molar-refractivity contribution is 0.0440. The first-order valence-electron chi connectivity index (χ1n) is 6.85. The van der Waals surface area contributed by atoms with E-state index in [0.717, 1.165) is 26.2 Å². The zero-order chi connectivity index (χ0) is 14.0. The fourth-order valence-electron chi connectivity index (χ4n) is 2.65. The van der Waals surface area contributed by atoms with E-state index in [9.17, 15) is 0 Å². The number of hydrogen-bond donors (Lipinski definition) is 1. The van der Waals surface area contributed by atoms with E-state index in [2.05, 4.69) is 57.9 Å². The van der Waals surface area contributed by atoms with Crippen molar-refractivity contribution in [1.29, 1.82) is 0 Å². The molecule has 1 saturated heterocycles. The quantitative estimate of drug-likeness (QED) is 0.913. The minimum atomic E-state index is 0.274. The van der Waals surface area contributed by atoms with Gasteiger partial charge in [-0.2, -0.15) is 0 Å². The lowest BCUT2D eigenvalue weighted by atomic mass is 10.0. The summed E-state index contributed by atoms with van der Waals surface area (Å²) in [5.74, 6) is 0. The van der Waals surface area contributed by atoms with Gasteiger partial charge in [-0.3, -0.25) is 9.80 Å². The highest BCUT2D eigenvalue weighted by Crippen LogP contribution is 2.30. The van der Waals surface area contributed by atoms with Crippen molar-refractivity contribution in [3.05, 3.63) is 20.8 Å². The van der Waals surface area contributed by atoms with Crippen LogP contribution in [0.15, 0.2) is 15.9 Å². The van der Waals surface area contributed by atoms with E-state index in [1.54, 1.807) is 11.3 Å². The number of piperazine rings is 1. The van der Waals surface area contributed by atoms with Crippen molar-refractivity contribution >= 4 is 27.3 Å². The maximum absolute atomic E-state index is 6.00. The van der Waals surface area contributed by atoms with E-state index in [-0.39, 0.29) is 5.54 Å². The van der Waals surface area contributed by atoms with Crippen LogP contribution in [0.5, 0.6) is 0 Å². The lowest BCUT2D eigenvalue weighted by Gasteiger charge is -2.44. The Bertz CT molecular complexity index is 405. The average Bonchev–Trinajstić information content (AvgIpc) is 2.76. The monoisotopic (exact) mass is 345 g/mol. The first-order chi connectivity index (χ1) is 8.91. The van der Waals surface area contributed by atoms with Crippen molar-refractivity contribution in [3.8, 4) is 0 Å². The van der Waals surface area contributed by atoms with Gasteiger partial charge in [-0.25, -0.2) is 0 Å². The van der Waals surface area contributed by atoms with E-state index < -0.39 is 0 Å². The Hall–Kier alpha value is 0.0600. The second-order valence-corrected chi connectivity index (χ2v) is 7.97. The van der Waals surface area contributed by atoms with Gasteiger partial charge in [0, 0.05) is 53.0 Å². The van der Waals surface area contributed by atoms with E-state index >= 15 is 0 Å². The predicted octanol–water partition coefficient (Wildman–Crippen LogP) is 2.93. The van der Waals surface area contributed by atoms with Gasteiger partial charge in [0.15, 0.2) is 0 Å². The highest BCUT2D eigenvalue weighted by atomic mass is 79.9. The van der Waals surface area contributed by atoms with Gasteiger partial charge in [-0.05, 0) is 42.8 Å². The number of hydrogen-bond acceptors (Lipinski definition) is 4. The van der Waals surface area contributed by atoms with Crippen molar-refractivity contribution in [2.45, 2.75) is 32.4 Å². The SMILES string of the molecule is CC(C)(C)N1CCN(C(CN)c2cc(Br)cs2)CC1. The summed E-state index contributed by atoms with van der Waals surface area (Å²) in [4.78, 5) is 6.46. The molecule has 1 aromatic rings. The molecule has 1 fully saturated rings. The van der Waals surface area contributed by atoms with Crippen molar-refractivity contribution in [2.75, 3.05) is 32.7 Å². The summed E-state index contributed by atoms with van der Waals surface area (Å²) >= 11 is 5.33. The summed E-state index contributed by atoms with van der Waals surface area (Å²) in [6, 6.07) is 2.58. The lowest BCUT2D eigenvalue weighted by Crippen LogP contribution is -2.54. The molecule has 1 atom stereocenters. The second kappa shape index (κ2) is 6.22. The molecular formula is C14H24BrN3S. The van der Waals surface area contributed by atoms with Crippen LogP contribution in [0.1, 0.15) is 31.7 Å². The minimum Gasteiger partial charge on any atom is -0.329 e. The smallest absolute Gasteiger partial charge is 0.0565 e. The molecule has 0 saturated carbocycles. The molecule has 0 aliphatic carbocycles. The van der Waals surface area contributed by atoms with Crippen LogP contribution in [0.3, 0.4) is 0 Å². The van der Waals surface area contributed by atoms with Crippen LogP contribution in [0.4, 0.5) is 0 Å². The highest BCUT2D eigenvalue weighted by Gasteiger charge is 2.29. The molecule has 1 aromatic heterocycles. The molecule has 3 nitrogen and oxygen atoms in total. The molecule has 1 unspecified atom stereocenters. The first kappa shape index (κ1) is 15.4. The third-order valence-electron chi connectivity index (χ3n) is 3.84. The Morgan fingerprint density at radius 3 is 2.37 bits per heavy atom.